The first-order valence-electron chi connectivity index (χ1n) is 13.4. The monoisotopic (exact) mass is 539 g/mol. The third kappa shape index (κ3) is 4.24. The van der Waals surface area contributed by atoms with Gasteiger partial charge in [-0.1, -0.05) is 24.3 Å². The van der Waals surface area contributed by atoms with Crippen LogP contribution in [0.5, 0.6) is 5.75 Å². The van der Waals surface area contributed by atoms with Crippen molar-refractivity contribution in [1.82, 2.24) is 9.80 Å². The Morgan fingerprint density at radius 2 is 1.79 bits per heavy atom. The number of nitrogens with zero attached hydrogens (tertiary/aromatic N) is 3. The van der Waals surface area contributed by atoms with Crippen LogP contribution in [0, 0.1) is 11.8 Å². The third-order valence-electron chi connectivity index (χ3n) is 7.99. The van der Waals surface area contributed by atoms with Crippen molar-refractivity contribution in [2.45, 2.75) is 55.7 Å². The topological polar surface area (TPSA) is 90.4 Å². The van der Waals surface area contributed by atoms with Crippen LogP contribution in [0.1, 0.15) is 34.1 Å². The number of hydrogen-bond donors (Lipinski definition) is 1. The molecule has 2 saturated heterocycles. The number of likely N-dealkylation sites (tertiary alicyclic amines) is 1. The molecule has 0 aromatic heterocycles. The number of carbonyl (C=O) groups is 3. The summed E-state index contributed by atoms with van der Waals surface area (Å²) in [5, 5.41) is 9.34. The third-order valence-corrected chi connectivity index (χ3v) is 9.73. The Hall–Kier alpha value is -2.78. The van der Waals surface area contributed by atoms with Crippen molar-refractivity contribution in [3.05, 3.63) is 48.6 Å². The van der Waals surface area contributed by atoms with E-state index in [0.29, 0.717) is 26.1 Å². The Morgan fingerprint density at radius 3 is 2.45 bits per heavy atom. The highest BCUT2D eigenvalue weighted by molar-refractivity contribution is 8.02. The molecule has 4 aliphatic heterocycles. The molecule has 1 aromatic carbocycles. The average Bonchev–Trinajstić information content (AvgIpc) is 3.17. The lowest BCUT2D eigenvalue weighted by Gasteiger charge is -2.40. The van der Waals surface area contributed by atoms with Gasteiger partial charge in [0.2, 0.25) is 17.7 Å². The number of anilines is 1. The predicted molar refractivity (Wildman–Crippen MR) is 148 cm³/mol. The molecule has 38 heavy (non-hydrogen) atoms. The maximum Gasteiger partial charge on any atom is 0.247 e. The van der Waals surface area contributed by atoms with Gasteiger partial charge in [-0.05, 0) is 58.4 Å². The lowest BCUT2D eigenvalue weighted by molar-refractivity contribution is -0.145. The first-order chi connectivity index (χ1) is 18.1. The van der Waals surface area contributed by atoms with Crippen LogP contribution in [0.15, 0.2) is 48.6 Å². The Kier molecular flexibility index (Phi) is 7.11. The quantitative estimate of drug-likeness (QED) is 0.560. The van der Waals surface area contributed by atoms with Crippen molar-refractivity contribution >= 4 is 35.2 Å². The Balaban J connectivity index is 1.55. The number of amides is 3. The van der Waals surface area contributed by atoms with Crippen LogP contribution in [0.3, 0.4) is 0 Å². The molecule has 0 aliphatic carbocycles. The first kappa shape index (κ1) is 26.8. The van der Waals surface area contributed by atoms with E-state index in [1.807, 2.05) is 81.2 Å². The Morgan fingerprint density at radius 1 is 1.05 bits per heavy atom. The summed E-state index contributed by atoms with van der Waals surface area (Å²) in [6.07, 6.45) is 8.45. The number of rotatable bonds is 6. The summed E-state index contributed by atoms with van der Waals surface area (Å²) >= 11 is 1.58. The predicted octanol–water partition coefficient (Wildman–Crippen LogP) is 2.86. The zero-order valence-corrected chi connectivity index (χ0v) is 23.3. The maximum absolute atomic E-state index is 14.2. The molecule has 1 unspecified atom stereocenters. The first-order valence-corrected chi connectivity index (χ1v) is 14.3. The number of thioether (sulfide) groups is 1. The van der Waals surface area contributed by atoms with Gasteiger partial charge < -0.3 is 24.5 Å². The van der Waals surface area contributed by atoms with Crippen molar-refractivity contribution < 1.29 is 24.2 Å². The van der Waals surface area contributed by atoms with Gasteiger partial charge in [0.15, 0.2) is 0 Å². The largest absolute Gasteiger partial charge is 0.494 e. The second kappa shape index (κ2) is 10.1. The molecule has 9 heteroatoms. The van der Waals surface area contributed by atoms with E-state index in [1.165, 1.54) is 0 Å². The summed E-state index contributed by atoms with van der Waals surface area (Å²) in [6.45, 7) is 9.54. The second-order valence-corrected chi connectivity index (χ2v) is 12.8. The van der Waals surface area contributed by atoms with Gasteiger partial charge >= 0.3 is 0 Å². The van der Waals surface area contributed by atoms with Crippen molar-refractivity contribution in [3.8, 4) is 5.75 Å². The molecule has 5 atom stereocenters. The van der Waals surface area contributed by atoms with E-state index in [4.69, 9.17) is 4.74 Å². The highest BCUT2D eigenvalue weighted by Gasteiger charge is 2.71. The van der Waals surface area contributed by atoms with Gasteiger partial charge in [0.1, 0.15) is 11.8 Å². The molecule has 204 valence electrons. The molecule has 4 heterocycles. The van der Waals surface area contributed by atoms with Gasteiger partial charge in [0.05, 0.1) is 23.2 Å². The lowest BCUT2D eigenvalue weighted by atomic mass is 9.78. The smallest absolute Gasteiger partial charge is 0.247 e. The molecule has 3 amide bonds. The second-order valence-electron chi connectivity index (χ2n) is 11.3. The minimum atomic E-state index is -0.846. The van der Waals surface area contributed by atoms with Gasteiger partial charge in [-0.2, -0.15) is 0 Å². The summed E-state index contributed by atoms with van der Waals surface area (Å²) in [4.78, 5) is 47.7. The molecule has 5 rings (SSSR count). The molecular formula is C29H37N3O5S. The number of hydrogen-bond acceptors (Lipinski definition) is 6. The summed E-state index contributed by atoms with van der Waals surface area (Å²) in [6, 6.07) is 6.73. The van der Waals surface area contributed by atoms with E-state index < -0.39 is 28.2 Å². The van der Waals surface area contributed by atoms with Crippen LogP contribution in [0.4, 0.5) is 5.69 Å². The fraction of sp³-hybridized carbons (Fsp3) is 0.552. The molecule has 4 aliphatic rings. The summed E-state index contributed by atoms with van der Waals surface area (Å²) in [7, 11) is 0. The average molecular weight is 540 g/mol. The molecule has 8 nitrogen and oxygen atoms in total. The van der Waals surface area contributed by atoms with E-state index in [1.54, 1.807) is 21.6 Å². The van der Waals surface area contributed by atoms with Crippen LogP contribution < -0.4 is 9.64 Å². The SMILES string of the molecule is CCOc1ccc(N2CC=C[C@H]3S[C@]45C=CCN(C(C)(C)C)C(=O)C4N(CCCO)C(=O)[C@@H]5[C@H]3C2=O)cc1. The van der Waals surface area contributed by atoms with Gasteiger partial charge in [0.25, 0.3) is 0 Å². The Labute approximate surface area is 228 Å². The summed E-state index contributed by atoms with van der Waals surface area (Å²) in [5.74, 6) is -0.902. The number of carbonyl (C=O) groups excluding carboxylic acids is 3. The number of ether oxygens (including phenoxy) is 1. The van der Waals surface area contributed by atoms with Crippen LogP contribution in [0.2, 0.25) is 0 Å². The van der Waals surface area contributed by atoms with Crippen molar-refractivity contribution in [1.29, 1.82) is 0 Å². The van der Waals surface area contributed by atoms with Gasteiger partial charge in [0, 0.05) is 42.7 Å². The lowest BCUT2D eigenvalue weighted by Crippen LogP contribution is -2.57. The Bertz CT molecular complexity index is 1160. The molecular weight excluding hydrogens is 502 g/mol. The molecule has 1 spiro atoms. The minimum Gasteiger partial charge on any atom is -0.494 e. The molecule has 0 radical (unpaired) electrons. The summed E-state index contributed by atoms with van der Waals surface area (Å²) in [5.41, 5.74) is 0.324. The van der Waals surface area contributed by atoms with E-state index in [0.717, 1.165) is 11.4 Å². The number of aliphatic hydroxyl groups excluding tert-OH is 1. The highest BCUT2D eigenvalue weighted by atomic mass is 32.2. The molecule has 1 aromatic rings. The van der Waals surface area contributed by atoms with Crippen molar-refractivity contribution in [2.24, 2.45) is 11.8 Å². The van der Waals surface area contributed by atoms with E-state index >= 15 is 0 Å². The van der Waals surface area contributed by atoms with E-state index in [9.17, 15) is 19.5 Å². The van der Waals surface area contributed by atoms with Crippen LogP contribution in [-0.4, -0.2) is 87.1 Å². The van der Waals surface area contributed by atoms with Crippen LogP contribution in [0.25, 0.3) is 0 Å². The van der Waals surface area contributed by atoms with Gasteiger partial charge in [-0.25, -0.2) is 0 Å². The standard InChI is InChI=1S/C29H37N3O5S/c1-5-37-20-12-10-19(11-13-20)30-15-6-9-21-22(25(30)34)23-26(35)31(16-8-18-33)24-27(36)32(28(2,3)4)17-7-14-29(23,24)38-21/h6-7,9-14,21-24,33H,5,8,15-18H2,1-4H3/t21-,22+,23+,24?,29+/m1/s1. The fourth-order valence-corrected chi connectivity index (χ4v) is 8.35. The number of aliphatic hydroxyl groups is 1. The molecule has 0 bridgehead atoms. The van der Waals surface area contributed by atoms with Gasteiger partial charge in [-0.3, -0.25) is 14.4 Å². The van der Waals surface area contributed by atoms with Crippen molar-refractivity contribution in [2.75, 3.05) is 37.7 Å². The van der Waals surface area contributed by atoms with Crippen LogP contribution >= 0.6 is 11.8 Å². The minimum absolute atomic E-state index is 0.0758. The zero-order chi connectivity index (χ0) is 27.2. The van der Waals surface area contributed by atoms with Crippen LogP contribution in [-0.2, 0) is 14.4 Å². The van der Waals surface area contributed by atoms with E-state index in [-0.39, 0.29) is 36.1 Å². The van der Waals surface area contributed by atoms with E-state index in [2.05, 4.69) is 0 Å². The number of benzene rings is 1. The molecule has 2 fully saturated rings. The maximum atomic E-state index is 14.2. The molecule has 1 N–H and O–H groups in total. The number of fused-ring (bicyclic) bond motifs is 2. The molecule has 0 saturated carbocycles. The zero-order valence-electron chi connectivity index (χ0n) is 22.5. The normalized spacial score (nSPS) is 30.8. The van der Waals surface area contributed by atoms with Gasteiger partial charge in [-0.15, -0.1) is 11.8 Å². The van der Waals surface area contributed by atoms with Crippen molar-refractivity contribution in [3.63, 3.8) is 0 Å². The fourth-order valence-electron chi connectivity index (χ4n) is 6.34. The highest BCUT2D eigenvalue weighted by Crippen LogP contribution is 2.61. The summed E-state index contributed by atoms with van der Waals surface area (Å²) < 4.78 is 4.72.